The van der Waals surface area contributed by atoms with Crippen LogP contribution >= 0.6 is 11.6 Å². The van der Waals surface area contributed by atoms with Crippen molar-refractivity contribution in [1.82, 2.24) is 0 Å². The molecule has 1 fully saturated rings. The highest BCUT2D eigenvalue weighted by molar-refractivity contribution is 7.91. The second kappa shape index (κ2) is 4.78. The third-order valence-corrected chi connectivity index (χ3v) is 4.90. The van der Waals surface area contributed by atoms with Crippen molar-refractivity contribution in [2.75, 3.05) is 16.8 Å². The number of nitrogens with one attached hydrogen (secondary N) is 1. The van der Waals surface area contributed by atoms with Crippen LogP contribution in [0.5, 0.6) is 0 Å². The van der Waals surface area contributed by atoms with E-state index in [4.69, 9.17) is 16.7 Å². The van der Waals surface area contributed by atoms with Gasteiger partial charge in [-0.25, -0.2) is 13.2 Å². The summed E-state index contributed by atoms with van der Waals surface area (Å²) in [4.78, 5) is 10.8. The Morgan fingerprint density at radius 1 is 1.44 bits per heavy atom. The van der Waals surface area contributed by atoms with Gasteiger partial charge >= 0.3 is 5.97 Å². The first-order valence-corrected chi connectivity index (χ1v) is 7.57. The van der Waals surface area contributed by atoms with Gasteiger partial charge in [-0.2, -0.15) is 0 Å². The van der Waals surface area contributed by atoms with Crippen LogP contribution in [0.4, 0.5) is 5.69 Å². The molecule has 0 aromatic heterocycles. The van der Waals surface area contributed by atoms with Gasteiger partial charge < -0.3 is 10.4 Å². The van der Waals surface area contributed by atoms with Gasteiger partial charge in [0.15, 0.2) is 9.84 Å². The van der Waals surface area contributed by atoms with Gasteiger partial charge in [-0.05, 0) is 24.6 Å². The standard InChI is InChI=1S/C11H12ClNO4S/c12-9-2-1-7(11(14)15)5-10(9)13-8-3-4-18(16,17)6-8/h1-2,5,8,13H,3-4,6H2,(H,14,15). The highest BCUT2D eigenvalue weighted by Gasteiger charge is 2.28. The van der Waals surface area contributed by atoms with Gasteiger partial charge in [0.05, 0.1) is 27.8 Å². The Labute approximate surface area is 110 Å². The van der Waals surface area contributed by atoms with Gasteiger partial charge in [-0.1, -0.05) is 11.6 Å². The van der Waals surface area contributed by atoms with Gasteiger partial charge in [0.2, 0.25) is 0 Å². The first-order valence-electron chi connectivity index (χ1n) is 5.37. The third kappa shape index (κ3) is 2.94. The van der Waals surface area contributed by atoms with Crippen LogP contribution in [-0.2, 0) is 9.84 Å². The van der Waals surface area contributed by atoms with Gasteiger partial charge in [0.1, 0.15) is 0 Å². The Hall–Kier alpha value is -1.27. The van der Waals surface area contributed by atoms with Crippen molar-refractivity contribution in [3.05, 3.63) is 28.8 Å². The smallest absolute Gasteiger partial charge is 0.335 e. The molecule has 0 aliphatic carbocycles. The zero-order chi connectivity index (χ0) is 13.3. The Kier molecular flexibility index (Phi) is 3.49. The van der Waals surface area contributed by atoms with E-state index in [0.717, 1.165) is 0 Å². The molecule has 98 valence electrons. The molecule has 18 heavy (non-hydrogen) atoms. The first-order chi connectivity index (χ1) is 8.37. The lowest BCUT2D eigenvalue weighted by molar-refractivity contribution is 0.0697. The van der Waals surface area contributed by atoms with E-state index in [0.29, 0.717) is 17.1 Å². The normalized spacial score (nSPS) is 21.7. The average molecular weight is 290 g/mol. The maximum atomic E-state index is 11.3. The first kappa shape index (κ1) is 13.2. The predicted octanol–water partition coefficient (Wildman–Crippen LogP) is 1.64. The van der Waals surface area contributed by atoms with Crippen LogP contribution in [0.2, 0.25) is 5.02 Å². The lowest BCUT2D eigenvalue weighted by atomic mass is 10.2. The molecule has 1 aromatic rings. The molecule has 0 radical (unpaired) electrons. The number of sulfone groups is 1. The fraction of sp³-hybridized carbons (Fsp3) is 0.364. The van der Waals surface area contributed by atoms with Gasteiger partial charge in [0.25, 0.3) is 0 Å². The summed E-state index contributed by atoms with van der Waals surface area (Å²) in [6, 6.07) is 4.09. The summed E-state index contributed by atoms with van der Waals surface area (Å²) in [7, 11) is -2.98. The molecule has 1 heterocycles. The number of hydrogen-bond donors (Lipinski definition) is 2. The Bertz CT molecular complexity index is 585. The van der Waals surface area contributed by atoms with Gasteiger partial charge in [-0.3, -0.25) is 0 Å². The molecule has 1 saturated heterocycles. The molecule has 0 spiro atoms. The molecule has 0 amide bonds. The number of benzene rings is 1. The lowest BCUT2D eigenvalue weighted by Gasteiger charge is -2.14. The van der Waals surface area contributed by atoms with Crippen LogP contribution in [0, 0.1) is 0 Å². The molecule has 1 aromatic carbocycles. The van der Waals surface area contributed by atoms with E-state index in [1.54, 1.807) is 0 Å². The second-order valence-corrected chi connectivity index (χ2v) is 6.88. The molecular weight excluding hydrogens is 278 g/mol. The number of hydrogen-bond acceptors (Lipinski definition) is 4. The van der Waals surface area contributed by atoms with Crippen LogP contribution in [0.25, 0.3) is 0 Å². The summed E-state index contributed by atoms with van der Waals surface area (Å²) in [5, 5.41) is 12.2. The molecule has 1 aliphatic rings. The second-order valence-electron chi connectivity index (χ2n) is 4.24. The Balaban J connectivity index is 2.19. The molecule has 2 N–H and O–H groups in total. The van der Waals surface area contributed by atoms with E-state index in [1.165, 1.54) is 18.2 Å². The SMILES string of the molecule is O=C(O)c1ccc(Cl)c(NC2CCS(=O)(=O)C2)c1. The minimum absolute atomic E-state index is 0.0562. The number of rotatable bonds is 3. The van der Waals surface area contributed by atoms with Crippen molar-refractivity contribution in [2.24, 2.45) is 0 Å². The molecule has 1 unspecified atom stereocenters. The maximum absolute atomic E-state index is 11.3. The Morgan fingerprint density at radius 3 is 2.72 bits per heavy atom. The van der Waals surface area contributed by atoms with Crippen molar-refractivity contribution in [2.45, 2.75) is 12.5 Å². The molecule has 2 rings (SSSR count). The largest absolute Gasteiger partial charge is 0.478 e. The summed E-state index contributed by atoms with van der Waals surface area (Å²) < 4.78 is 22.6. The minimum Gasteiger partial charge on any atom is -0.478 e. The maximum Gasteiger partial charge on any atom is 0.335 e. The number of anilines is 1. The Morgan fingerprint density at radius 2 is 2.17 bits per heavy atom. The summed E-state index contributed by atoms with van der Waals surface area (Å²) in [5.41, 5.74) is 0.571. The van der Waals surface area contributed by atoms with Crippen molar-refractivity contribution in [3.63, 3.8) is 0 Å². The van der Waals surface area contributed by atoms with Crippen LogP contribution in [-0.4, -0.2) is 37.0 Å². The summed E-state index contributed by atoms with van der Waals surface area (Å²) in [6.45, 7) is 0. The molecule has 0 saturated carbocycles. The molecule has 0 bridgehead atoms. The molecular formula is C11H12ClNO4S. The number of carbonyl (C=O) groups is 1. The van der Waals surface area contributed by atoms with E-state index in [2.05, 4.69) is 5.32 Å². The molecule has 1 aliphatic heterocycles. The van der Waals surface area contributed by atoms with E-state index in [9.17, 15) is 13.2 Å². The number of aromatic carboxylic acids is 1. The predicted molar refractivity (Wildman–Crippen MR) is 69.1 cm³/mol. The van der Waals surface area contributed by atoms with Crippen molar-refractivity contribution >= 4 is 33.1 Å². The topological polar surface area (TPSA) is 83.5 Å². The third-order valence-electron chi connectivity index (χ3n) is 2.81. The summed E-state index contributed by atoms with van der Waals surface area (Å²) >= 11 is 5.95. The van der Waals surface area contributed by atoms with Crippen LogP contribution in [0.1, 0.15) is 16.8 Å². The average Bonchev–Trinajstić information content (AvgIpc) is 2.61. The monoisotopic (exact) mass is 289 g/mol. The van der Waals surface area contributed by atoms with Gasteiger partial charge in [-0.15, -0.1) is 0 Å². The lowest BCUT2D eigenvalue weighted by Crippen LogP contribution is -2.21. The summed E-state index contributed by atoms with van der Waals surface area (Å²) in [6.07, 6.45) is 0.510. The molecule has 1 atom stereocenters. The molecule has 7 heteroatoms. The fourth-order valence-corrected chi connectivity index (χ4v) is 3.74. The minimum atomic E-state index is -2.98. The summed E-state index contributed by atoms with van der Waals surface area (Å²) in [5.74, 6) is -0.838. The van der Waals surface area contributed by atoms with E-state index in [-0.39, 0.29) is 23.1 Å². The molecule has 5 nitrogen and oxygen atoms in total. The number of carboxylic acid groups (broad SMARTS) is 1. The highest BCUT2D eigenvalue weighted by Crippen LogP contribution is 2.26. The number of carboxylic acids is 1. The highest BCUT2D eigenvalue weighted by atomic mass is 35.5. The zero-order valence-electron chi connectivity index (χ0n) is 9.39. The number of halogens is 1. The van der Waals surface area contributed by atoms with Crippen molar-refractivity contribution in [1.29, 1.82) is 0 Å². The van der Waals surface area contributed by atoms with E-state index in [1.807, 2.05) is 0 Å². The van der Waals surface area contributed by atoms with Crippen LogP contribution < -0.4 is 5.32 Å². The van der Waals surface area contributed by atoms with Gasteiger partial charge in [0, 0.05) is 6.04 Å². The van der Waals surface area contributed by atoms with Crippen molar-refractivity contribution in [3.8, 4) is 0 Å². The zero-order valence-corrected chi connectivity index (χ0v) is 11.0. The van der Waals surface area contributed by atoms with E-state index < -0.39 is 15.8 Å². The fourth-order valence-electron chi connectivity index (χ4n) is 1.90. The van der Waals surface area contributed by atoms with Crippen molar-refractivity contribution < 1.29 is 18.3 Å². The van der Waals surface area contributed by atoms with E-state index >= 15 is 0 Å². The van der Waals surface area contributed by atoms with Crippen LogP contribution in [0.15, 0.2) is 18.2 Å². The quantitative estimate of drug-likeness (QED) is 0.884. The van der Waals surface area contributed by atoms with Crippen LogP contribution in [0.3, 0.4) is 0 Å².